The lowest BCUT2D eigenvalue weighted by Crippen LogP contribution is -2.27. The quantitative estimate of drug-likeness (QED) is 0.719. The third-order valence-corrected chi connectivity index (χ3v) is 4.55. The molecular formula is C18H14BrClN2O2. The Morgan fingerprint density at radius 3 is 2.75 bits per heavy atom. The summed E-state index contributed by atoms with van der Waals surface area (Å²) in [5.74, 6) is -0.150. The summed E-state index contributed by atoms with van der Waals surface area (Å²) < 4.78 is 2.58. The SMILES string of the molecule is O=C(Cn1ccc(=O)c2cc(Br)ccc21)NCc1ccccc1Cl. The number of aromatic nitrogens is 1. The highest BCUT2D eigenvalue weighted by molar-refractivity contribution is 9.10. The molecule has 24 heavy (non-hydrogen) atoms. The molecule has 3 aromatic rings. The molecule has 0 aliphatic rings. The van der Waals surface area contributed by atoms with E-state index in [1.165, 1.54) is 6.07 Å². The van der Waals surface area contributed by atoms with E-state index in [-0.39, 0.29) is 17.9 Å². The molecule has 0 radical (unpaired) electrons. The van der Waals surface area contributed by atoms with Gasteiger partial charge in [-0.15, -0.1) is 0 Å². The smallest absolute Gasteiger partial charge is 0.240 e. The van der Waals surface area contributed by atoms with Crippen LogP contribution < -0.4 is 10.7 Å². The van der Waals surface area contributed by atoms with Gasteiger partial charge >= 0.3 is 0 Å². The summed E-state index contributed by atoms with van der Waals surface area (Å²) >= 11 is 9.44. The molecule has 1 aromatic heterocycles. The lowest BCUT2D eigenvalue weighted by atomic mass is 10.2. The minimum absolute atomic E-state index is 0.0703. The van der Waals surface area contributed by atoms with Gasteiger partial charge in [-0.25, -0.2) is 0 Å². The number of nitrogens with one attached hydrogen (secondary N) is 1. The Hall–Kier alpha value is -2.11. The first-order valence-corrected chi connectivity index (χ1v) is 8.50. The van der Waals surface area contributed by atoms with Crippen molar-refractivity contribution in [3.63, 3.8) is 0 Å². The number of pyridine rings is 1. The Labute approximate surface area is 152 Å². The van der Waals surface area contributed by atoms with E-state index < -0.39 is 0 Å². The first kappa shape index (κ1) is 16.7. The van der Waals surface area contributed by atoms with Crippen LogP contribution in [0.15, 0.2) is 64.0 Å². The van der Waals surface area contributed by atoms with E-state index in [0.717, 1.165) is 15.6 Å². The number of hydrogen-bond acceptors (Lipinski definition) is 2. The molecular weight excluding hydrogens is 392 g/mol. The maximum Gasteiger partial charge on any atom is 0.240 e. The molecule has 0 unspecified atom stereocenters. The van der Waals surface area contributed by atoms with Gasteiger partial charge in [0, 0.05) is 33.7 Å². The summed E-state index contributed by atoms with van der Waals surface area (Å²) in [6.45, 7) is 0.491. The molecule has 0 saturated heterocycles. The lowest BCUT2D eigenvalue weighted by Gasteiger charge is -2.12. The monoisotopic (exact) mass is 404 g/mol. The van der Waals surface area contributed by atoms with Gasteiger partial charge < -0.3 is 9.88 Å². The second-order valence-electron chi connectivity index (χ2n) is 5.34. The Morgan fingerprint density at radius 2 is 1.96 bits per heavy atom. The van der Waals surface area contributed by atoms with Crippen LogP contribution in [0.25, 0.3) is 10.9 Å². The first-order valence-electron chi connectivity index (χ1n) is 7.33. The van der Waals surface area contributed by atoms with Crippen LogP contribution in [-0.2, 0) is 17.9 Å². The second-order valence-corrected chi connectivity index (χ2v) is 6.66. The third kappa shape index (κ3) is 3.68. The van der Waals surface area contributed by atoms with Crippen molar-refractivity contribution in [3.05, 3.63) is 80.0 Å². The summed E-state index contributed by atoms with van der Waals surface area (Å²) in [5, 5.41) is 4.04. The van der Waals surface area contributed by atoms with E-state index in [2.05, 4.69) is 21.2 Å². The number of carbonyl (C=O) groups is 1. The molecule has 6 heteroatoms. The first-order chi connectivity index (χ1) is 11.5. The van der Waals surface area contributed by atoms with Crippen LogP contribution in [0.4, 0.5) is 0 Å². The molecule has 0 aliphatic carbocycles. The average molecular weight is 406 g/mol. The minimum Gasteiger partial charge on any atom is -0.350 e. The van der Waals surface area contributed by atoms with E-state index in [1.54, 1.807) is 22.9 Å². The number of amides is 1. The molecule has 3 rings (SSSR count). The molecule has 0 fully saturated rings. The van der Waals surface area contributed by atoms with E-state index in [1.807, 2.05) is 30.3 Å². The molecule has 1 heterocycles. The van der Waals surface area contributed by atoms with Crippen molar-refractivity contribution in [2.75, 3.05) is 0 Å². The summed E-state index contributed by atoms with van der Waals surface area (Å²) in [6.07, 6.45) is 1.63. The predicted molar refractivity (Wildman–Crippen MR) is 99.2 cm³/mol. The number of hydrogen-bond donors (Lipinski definition) is 1. The van der Waals surface area contributed by atoms with Gasteiger partial charge in [-0.3, -0.25) is 9.59 Å². The van der Waals surface area contributed by atoms with Gasteiger partial charge in [-0.05, 0) is 29.8 Å². The van der Waals surface area contributed by atoms with Gasteiger partial charge in [-0.2, -0.15) is 0 Å². The van der Waals surface area contributed by atoms with Crippen LogP contribution in [0.2, 0.25) is 5.02 Å². The zero-order chi connectivity index (χ0) is 17.1. The number of rotatable bonds is 4. The zero-order valence-electron chi connectivity index (χ0n) is 12.6. The maximum absolute atomic E-state index is 12.2. The molecule has 0 saturated carbocycles. The van der Waals surface area contributed by atoms with Gasteiger partial charge in [0.25, 0.3) is 0 Å². The molecule has 1 N–H and O–H groups in total. The molecule has 0 atom stereocenters. The van der Waals surface area contributed by atoms with Gasteiger partial charge in [0.15, 0.2) is 5.43 Å². The number of benzene rings is 2. The largest absolute Gasteiger partial charge is 0.350 e. The van der Waals surface area contributed by atoms with Crippen molar-refractivity contribution in [1.29, 1.82) is 0 Å². The zero-order valence-corrected chi connectivity index (χ0v) is 15.0. The lowest BCUT2D eigenvalue weighted by molar-refractivity contribution is -0.121. The summed E-state index contributed by atoms with van der Waals surface area (Å²) in [5.41, 5.74) is 1.51. The standard InChI is InChI=1S/C18H14BrClN2O2/c19-13-5-6-16-14(9-13)17(23)7-8-22(16)11-18(24)21-10-12-3-1-2-4-15(12)20/h1-9H,10-11H2,(H,21,24). The predicted octanol–water partition coefficient (Wildman–Crippen LogP) is 3.73. The van der Waals surface area contributed by atoms with Crippen molar-refractivity contribution in [1.82, 2.24) is 9.88 Å². The minimum atomic E-state index is -0.150. The van der Waals surface area contributed by atoms with Crippen molar-refractivity contribution >= 4 is 44.3 Å². The topological polar surface area (TPSA) is 51.1 Å². The maximum atomic E-state index is 12.2. The average Bonchev–Trinajstić information content (AvgIpc) is 2.57. The normalized spacial score (nSPS) is 10.8. The number of halogens is 2. The van der Waals surface area contributed by atoms with Gasteiger partial charge in [-0.1, -0.05) is 45.7 Å². The van der Waals surface area contributed by atoms with Crippen molar-refractivity contribution in [2.45, 2.75) is 13.1 Å². The van der Waals surface area contributed by atoms with E-state index in [0.29, 0.717) is 17.0 Å². The fraction of sp³-hybridized carbons (Fsp3) is 0.111. The van der Waals surface area contributed by atoms with E-state index in [4.69, 9.17) is 11.6 Å². The van der Waals surface area contributed by atoms with Crippen LogP contribution in [0, 0.1) is 0 Å². The Kier molecular flexibility index (Phi) is 5.02. The Bertz CT molecular complexity index is 969. The summed E-state index contributed by atoms with van der Waals surface area (Å²) in [6, 6.07) is 14.3. The molecule has 122 valence electrons. The van der Waals surface area contributed by atoms with Crippen molar-refractivity contribution < 1.29 is 4.79 Å². The van der Waals surface area contributed by atoms with Gasteiger partial charge in [0.2, 0.25) is 5.91 Å². The third-order valence-electron chi connectivity index (χ3n) is 3.69. The Morgan fingerprint density at radius 1 is 1.17 bits per heavy atom. The summed E-state index contributed by atoms with van der Waals surface area (Å²) in [7, 11) is 0. The van der Waals surface area contributed by atoms with Crippen LogP contribution in [0.1, 0.15) is 5.56 Å². The highest BCUT2D eigenvalue weighted by atomic mass is 79.9. The van der Waals surface area contributed by atoms with Crippen LogP contribution >= 0.6 is 27.5 Å². The highest BCUT2D eigenvalue weighted by Gasteiger charge is 2.08. The fourth-order valence-corrected chi connectivity index (χ4v) is 3.03. The number of nitrogens with zero attached hydrogens (tertiary/aromatic N) is 1. The van der Waals surface area contributed by atoms with E-state index >= 15 is 0 Å². The number of carbonyl (C=O) groups excluding carboxylic acids is 1. The Balaban J connectivity index is 1.78. The van der Waals surface area contributed by atoms with E-state index in [9.17, 15) is 9.59 Å². The molecule has 0 aliphatic heterocycles. The van der Waals surface area contributed by atoms with Crippen LogP contribution in [0.5, 0.6) is 0 Å². The summed E-state index contributed by atoms with van der Waals surface area (Å²) in [4.78, 5) is 24.2. The molecule has 0 spiro atoms. The highest BCUT2D eigenvalue weighted by Crippen LogP contribution is 2.17. The molecule has 2 aromatic carbocycles. The number of fused-ring (bicyclic) bond motifs is 1. The van der Waals surface area contributed by atoms with Gasteiger partial charge in [0.1, 0.15) is 6.54 Å². The van der Waals surface area contributed by atoms with Gasteiger partial charge in [0.05, 0.1) is 5.52 Å². The second kappa shape index (κ2) is 7.20. The van der Waals surface area contributed by atoms with Crippen LogP contribution in [-0.4, -0.2) is 10.5 Å². The molecule has 1 amide bonds. The van der Waals surface area contributed by atoms with Crippen molar-refractivity contribution in [3.8, 4) is 0 Å². The molecule has 0 bridgehead atoms. The van der Waals surface area contributed by atoms with Crippen LogP contribution in [0.3, 0.4) is 0 Å². The molecule has 4 nitrogen and oxygen atoms in total. The van der Waals surface area contributed by atoms with Crippen molar-refractivity contribution in [2.24, 2.45) is 0 Å². The fourth-order valence-electron chi connectivity index (χ4n) is 2.47.